The molecule has 9 nitrogen and oxygen atoms in total. The third-order valence-corrected chi connectivity index (χ3v) is 4.97. The highest BCUT2D eigenvalue weighted by Crippen LogP contribution is 2.28. The molecule has 0 spiro atoms. The van der Waals surface area contributed by atoms with Gasteiger partial charge < -0.3 is 15.0 Å². The number of benzene rings is 1. The largest absolute Gasteiger partial charge is 0.470 e. The first-order valence-corrected chi connectivity index (χ1v) is 10.2. The number of nitrogens with one attached hydrogen (secondary N) is 1. The maximum Gasteiger partial charge on any atom is 0.276 e. The summed E-state index contributed by atoms with van der Waals surface area (Å²) in [7, 11) is 3.28. The molecule has 0 aliphatic heterocycles. The number of aryl methyl sites for hydroxylation is 1. The summed E-state index contributed by atoms with van der Waals surface area (Å²) >= 11 is 9.30. The van der Waals surface area contributed by atoms with Gasteiger partial charge in [0.05, 0.1) is 16.4 Å². The van der Waals surface area contributed by atoms with E-state index < -0.39 is 5.91 Å². The zero-order chi connectivity index (χ0) is 21.8. The van der Waals surface area contributed by atoms with Gasteiger partial charge in [-0.2, -0.15) is 10.2 Å². The Hall–Kier alpha value is -2.85. The number of ether oxygens (including phenoxy) is 1. The lowest BCUT2D eigenvalue weighted by molar-refractivity contribution is 0.0816. The second kappa shape index (κ2) is 9.31. The van der Waals surface area contributed by atoms with Gasteiger partial charge in [0, 0.05) is 31.9 Å². The lowest BCUT2D eigenvalue weighted by Crippen LogP contribution is -2.26. The van der Waals surface area contributed by atoms with E-state index in [1.165, 1.54) is 20.5 Å². The standard InChI is InChI=1S/C19H20BrClN6O3/c1-4-27-17(19(29)25(2)3)15(10-22-27)23-18(28)14-7-8-26(24-14)11-30-16-6-5-12(21)9-13(16)20/h5-10H,4,11H2,1-3H3,(H,23,28). The van der Waals surface area contributed by atoms with Crippen molar-refractivity contribution in [3.05, 3.63) is 57.5 Å². The van der Waals surface area contributed by atoms with E-state index in [4.69, 9.17) is 16.3 Å². The Morgan fingerprint density at radius 3 is 2.73 bits per heavy atom. The first-order chi connectivity index (χ1) is 14.3. The fourth-order valence-electron chi connectivity index (χ4n) is 2.62. The molecule has 0 saturated heterocycles. The molecule has 0 radical (unpaired) electrons. The summed E-state index contributed by atoms with van der Waals surface area (Å²) in [4.78, 5) is 26.5. The van der Waals surface area contributed by atoms with Gasteiger partial charge in [0.15, 0.2) is 12.4 Å². The van der Waals surface area contributed by atoms with Crippen LogP contribution in [0.3, 0.4) is 0 Å². The summed E-state index contributed by atoms with van der Waals surface area (Å²) in [6.07, 6.45) is 3.08. The van der Waals surface area contributed by atoms with Crippen molar-refractivity contribution in [2.75, 3.05) is 19.4 Å². The highest BCUT2D eigenvalue weighted by molar-refractivity contribution is 9.10. The predicted octanol–water partition coefficient (Wildman–Crippen LogP) is 3.51. The number of hydrogen-bond acceptors (Lipinski definition) is 5. The highest BCUT2D eigenvalue weighted by atomic mass is 79.9. The summed E-state index contributed by atoms with van der Waals surface area (Å²) in [5, 5.41) is 11.7. The van der Waals surface area contributed by atoms with E-state index >= 15 is 0 Å². The molecule has 2 aromatic heterocycles. The van der Waals surface area contributed by atoms with Gasteiger partial charge in [0.25, 0.3) is 11.8 Å². The number of carbonyl (C=O) groups is 2. The van der Waals surface area contributed by atoms with Crippen molar-refractivity contribution in [2.24, 2.45) is 0 Å². The van der Waals surface area contributed by atoms with E-state index in [1.54, 1.807) is 44.6 Å². The molecule has 158 valence electrons. The molecule has 30 heavy (non-hydrogen) atoms. The Morgan fingerprint density at radius 2 is 2.07 bits per heavy atom. The molecule has 3 aromatic rings. The van der Waals surface area contributed by atoms with Crippen LogP contribution in [0.2, 0.25) is 5.02 Å². The fourth-order valence-corrected chi connectivity index (χ4v) is 3.42. The van der Waals surface area contributed by atoms with Crippen LogP contribution < -0.4 is 10.1 Å². The Bertz CT molecular complexity index is 1080. The number of amides is 2. The molecule has 0 fully saturated rings. The predicted molar refractivity (Wildman–Crippen MR) is 116 cm³/mol. The maximum atomic E-state index is 12.6. The van der Waals surface area contributed by atoms with Crippen LogP contribution in [0.4, 0.5) is 5.69 Å². The van der Waals surface area contributed by atoms with Crippen molar-refractivity contribution in [3.63, 3.8) is 0 Å². The van der Waals surface area contributed by atoms with E-state index in [0.717, 1.165) is 0 Å². The van der Waals surface area contributed by atoms with E-state index in [-0.39, 0.29) is 18.3 Å². The van der Waals surface area contributed by atoms with E-state index in [1.807, 2.05) is 6.92 Å². The molecular formula is C19H20BrClN6O3. The van der Waals surface area contributed by atoms with Crippen LogP contribution in [0.5, 0.6) is 5.75 Å². The van der Waals surface area contributed by atoms with Gasteiger partial charge in [-0.25, -0.2) is 4.68 Å². The summed E-state index contributed by atoms with van der Waals surface area (Å²) in [5.41, 5.74) is 0.823. The second-order valence-corrected chi connectivity index (χ2v) is 7.76. The SMILES string of the molecule is CCn1ncc(NC(=O)c2ccn(COc3ccc(Cl)cc3Br)n2)c1C(=O)N(C)C. The number of aromatic nitrogens is 4. The van der Waals surface area contributed by atoms with Gasteiger partial charge in [-0.3, -0.25) is 14.3 Å². The molecule has 0 bridgehead atoms. The van der Waals surface area contributed by atoms with Gasteiger partial charge in [0.1, 0.15) is 11.4 Å². The van der Waals surface area contributed by atoms with Crippen LogP contribution in [0.15, 0.2) is 41.1 Å². The molecule has 1 aromatic carbocycles. The zero-order valence-corrected chi connectivity index (χ0v) is 18.9. The van der Waals surface area contributed by atoms with E-state index in [0.29, 0.717) is 33.2 Å². The smallest absolute Gasteiger partial charge is 0.276 e. The average Bonchev–Trinajstić information content (AvgIpc) is 3.33. The Kier molecular flexibility index (Phi) is 6.78. The van der Waals surface area contributed by atoms with Gasteiger partial charge >= 0.3 is 0 Å². The van der Waals surface area contributed by atoms with Crippen molar-refractivity contribution in [1.29, 1.82) is 0 Å². The molecule has 2 amide bonds. The van der Waals surface area contributed by atoms with Crippen molar-refractivity contribution in [1.82, 2.24) is 24.5 Å². The molecule has 0 unspecified atom stereocenters. The number of rotatable bonds is 7. The second-order valence-electron chi connectivity index (χ2n) is 6.46. The number of carbonyl (C=O) groups excluding carboxylic acids is 2. The molecule has 3 rings (SSSR count). The van der Waals surface area contributed by atoms with Gasteiger partial charge in [-0.05, 0) is 47.1 Å². The Labute approximate surface area is 186 Å². The molecule has 2 heterocycles. The minimum atomic E-state index is -0.454. The monoisotopic (exact) mass is 494 g/mol. The van der Waals surface area contributed by atoms with Crippen LogP contribution in [0.25, 0.3) is 0 Å². The molecule has 0 atom stereocenters. The van der Waals surface area contributed by atoms with Gasteiger partial charge in [-0.15, -0.1) is 0 Å². The third kappa shape index (κ3) is 4.82. The van der Waals surface area contributed by atoms with E-state index in [2.05, 4.69) is 31.4 Å². The quantitative estimate of drug-likeness (QED) is 0.541. The van der Waals surface area contributed by atoms with Crippen molar-refractivity contribution < 1.29 is 14.3 Å². The third-order valence-electron chi connectivity index (χ3n) is 4.12. The zero-order valence-electron chi connectivity index (χ0n) is 16.6. The molecule has 1 N–H and O–H groups in total. The topological polar surface area (TPSA) is 94.3 Å². The number of nitrogens with zero attached hydrogens (tertiary/aromatic N) is 5. The normalized spacial score (nSPS) is 10.7. The van der Waals surface area contributed by atoms with Crippen LogP contribution >= 0.6 is 27.5 Å². The van der Waals surface area contributed by atoms with Crippen LogP contribution in [0.1, 0.15) is 27.9 Å². The first kappa shape index (κ1) is 21.8. The number of hydrogen-bond donors (Lipinski definition) is 1. The summed E-state index contributed by atoms with van der Waals surface area (Å²) in [5.74, 6) is -0.110. The minimum absolute atomic E-state index is 0.103. The first-order valence-electron chi connectivity index (χ1n) is 9.00. The summed E-state index contributed by atoms with van der Waals surface area (Å²) < 4.78 is 9.42. The lowest BCUT2D eigenvalue weighted by atomic mass is 10.3. The average molecular weight is 496 g/mol. The number of halogens is 2. The summed E-state index contributed by atoms with van der Waals surface area (Å²) in [6, 6.07) is 6.74. The number of anilines is 1. The molecule has 0 aliphatic carbocycles. The fraction of sp³-hybridized carbons (Fsp3) is 0.263. The van der Waals surface area contributed by atoms with Crippen LogP contribution in [-0.4, -0.2) is 50.4 Å². The van der Waals surface area contributed by atoms with Crippen molar-refractivity contribution in [3.8, 4) is 5.75 Å². The molecular weight excluding hydrogens is 476 g/mol. The van der Waals surface area contributed by atoms with Crippen LogP contribution in [-0.2, 0) is 13.3 Å². The van der Waals surface area contributed by atoms with E-state index in [9.17, 15) is 9.59 Å². The molecule has 0 saturated carbocycles. The Balaban J connectivity index is 1.70. The van der Waals surface area contributed by atoms with Crippen molar-refractivity contribution in [2.45, 2.75) is 20.2 Å². The Morgan fingerprint density at radius 1 is 1.30 bits per heavy atom. The van der Waals surface area contributed by atoms with Crippen molar-refractivity contribution >= 4 is 45.0 Å². The van der Waals surface area contributed by atoms with Gasteiger partial charge in [-0.1, -0.05) is 11.6 Å². The molecule has 0 aliphatic rings. The minimum Gasteiger partial charge on any atom is -0.470 e. The molecule has 11 heteroatoms. The lowest BCUT2D eigenvalue weighted by Gasteiger charge is -2.13. The van der Waals surface area contributed by atoms with Crippen LogP contribution in [0, 0.1) is 0 Å². The summed E-state index contributed by atoms with van der Waals surface area (Å²) in [6.45, 7) is 2.47. The maximum absolute atomic E-state index is 12.6. The van der Waals surface area contributed by atoms with Gasteiger partial charge in [0.2, 0.25) is 0 Å². The highest BCUT2D eigenvalue weighted by Gasteiger charge is 2.22.